The van der Waals surface area contributed by atoms with Gasteiger partial charge in [-0.2, -0.15) is 0 Å². The number of nitrogens with two attached hydrogens (primary N) is 1. The van der Waals surface area contributed by atoms with E-state index >= 15 is 0 Å². The fourth-order valence-corrected chi connectivity index (χ4v) is 4.74. The van der Waals surface area contributed by atoms with Gasteiger partial charge < -0.3 is 36.1 Å². The van der Waals surface area contributed by atoms with E-state index in [1.165, 1.54) is 18.3 Å². The van der Waals surface area contributed by atoms with Gasteiger partial charge in [0.2, 0.25) is 5.91 Å². The van der Waals surface area contributed by atoms with Crippen LogP contribution in [0.4, 0.5) is 20.4 Å². The van der Waals surface area contributed by atoms with E-state index in [2.05, 4.69) is 25.8 Å². The van der Waals surface area contributed by atoms with Crippen LogP contribution in [0.3, 0.4) is 0 Å². The second-order valence-electron chi connectivity index (χ2n) is 11.7. The van der Waals surface area contributed by atoms with Crippen molar-refractivity contribution in [3.05, 3.63) is 40.4 Å². The predicted molar refractivity (Wildman–Crippen MR) is 154 cm³/mol. The summed E-state index contributed by atoms with van der Waals surface area (Å²) in [5.74, 6) is -2.03. The minimum Gasteiger partial charge on any atom is -0.387 e. The smallest absolute Gasteiger partial charge is 0.387 e. The molecule has 1 unspecified atom stereocenters. The summed E-state index contributed by atoms with van der Waals surface area (Å²) >= 11 is 1.48. The molecule has 11 nitrogen and oxygen atoms in total. The van der Waals surface area contributed by atoms with E-state index < -0.39 is 29.1 Å². The highest BCUT2D eigenvalue weighted by atomic mass is 32.1. The number of nitrogens with one attached hydrogen (secondary N) is 3. The van der Waals surface area contributed by atoms with Crippen LogP contribution in [0.25, 0.3) is 0 Å². The standard InChI is InChI=1S/C27H42N6O5S/c1-17(34)29-23-30-20(21(39-23)16-33(8)9)15-12-18-10-13-19(14-11-18)31-27(25(2,3)4,37-22(28)35)38-24(36)32-26(5,6)7/h10-11,13-14,31H,12,15-16H2,1-9H3,(H2,28,35)(H,32,36)(H,29,30,34). The Balaban J connectivity index is 2.24. The third-order valence-electron chi connectivity index (χ3n) is 5.38. The first-order valence-corrected chi connectivity index (χ1v) is 13.5. The van der Waals surface area contributed by atoms with Gasteiger partial charge >= 0.3 is 18.1 Å². The molecular formula is C27H42N6O5S. The van der Waals surface area contributed by atoms with Crippen LogP contribution in [0.5, 0.6) is 0 Å². The molecule has 1 atom stereocenters. The number of aryl methyl sites for hydroxylation is 2. The van der Waals surface area contributed by atoms with Gasteiger partial charge in [-0.3, -0.25) is 4.79 Å². The lowest BCUT2D eigenvalue weighted by Gasteiger charge is -2.42. The number of benzene rings is 1. The number of aromatic nitrogens is 1. The number of ether oxygens (including phenoxy) is 2. The normalized spacial score (nSPS) is 13.4. The molecule has 0 aliphatic rings. The number of nitrogens with zero attached hydrogens (tertiary/aromatic N) is 2. The molecule has 1 aromatic heterocycles. The molecule has 2 aromatic rings. The van der Waals surface area contributed by atoms with E-state index in [1.807, 2.05) is 59.1 Å². The summed E-state index contributed by atoms with van der Waals surface area (Å²) in [5, 5.41) is 9.15. The maximum absolute atomic E-state index is 12.7. The zero-order valence-electron chi connectivity index (χ0n) is 24.4. The van der Waals surface area contributed by atoms with Crippen LogP contribution in [-0.4, -0.2) is 53.5 Å². The zero-order valence-corrected chi connectivity index (χ0v) is 25.2. The van der Waals surface area contributed by atoms with Crippen LogP contribution in [0.15, 0.2) is 24.3 Å². The van der Waals surface area contributed by atoms with Crippen LogP contribution in [0.2, 0.25) is 0 Å². The Morgan fingerprint density at radius 1 is 1.00 bits per heavy atom. The van der Waals surface area contributed by atoms with Gasteiger partial charge in [0, 0.05) is 29.6 Å². The number of rotatable bonds is 10. The number of anilines is 2. The van der Waals surface area contributed by atoms with Crippen molar-refractivity contribution < 1.29 is 23.9 Å². The lowest BCUT2D eigenvalue weighted by molar-refractivity contribution is -0.202. The quantitative estimate of drug-likeness (QED) is 0.305. The molecule has 0 fully saturated rings. The second kappa shape index (κ2) is 12.6. The topological polar surface area (TPSA) is 148 Å². The Kier molecular flexibility index (Phi) is 10.3. The second-order valence-corrected chi connectivity index (χ2v) is 12.8. The predicted octanol–water partition coefficient (Wildman–Crippen LogP) is 4.68. The van der Waals surface area contributed by atoms with Gasteiger partial charge in [0.25, 0.3) is 0 Å². The summed E-state index contributed by atoms with van der Waals surface area (Å²) in [6.45, 7) is 12.9. The Morgan fingerprint density at radius 2 is 1.62 bits per heavy atom. The lowest BCUT2D eigenvalue weighted by atomic mass is 9.90. The number of primary amides is 1. The van der Waals surface area contributed by atoms with Crippen LogP contribution in [0, 0.1) is 5.41 Å². The van der Waals surface area contributed by atoms with E-state index in [0.29, 0.717) is 17.2 Å². The number of hydrogen-bond donors (Lipinski definition) is 4. The monoisotopic (exact) mass is 562 g/mol. The third-order valence-corrected chi connectivity index (χ3v) is 6.38. The minimum absolute atomic E-state index is 0.152. The SMILES string of the molecule is CC(=O)Nc1nc(CCc2ccc(NC(OC(N)=O)(OC(=O)NC(C)(C)C)C(C)(C)C)cc2)c(CN(C)C)s1. The summed E-state index contributed by atoms with van der Waals surface area (Å²) < 4.78 is 11.1. The molecule has 0 aliphatic carbocycles. The molecule has 0 saturated heterocycles. The number of alkyl carbamates (subject to hydrolysis) is 1. The van der Waals surface area contributed by atoms with Crippen molar-refractivity contribution in [1.82, 2.24) is 15.2 Å². The third kappa shape index (κ3) is 10.0. The van der Waals surface area contributed by atoms with Gasteiger partial charge in [-0.15, -0.1) is 11.3 Å². The largest absolute Gasteiger partial charge is 0.412 e. The van der Waals surface area contributed by atoms with Crippen molar-refractivity contribution in [2.75, 3.05) is 24.7 Å². The van der Waals surface area contributed by atoms with Gasteiger partial charge in [-0.1, -0.05) is 32.9 Å². The van der Waals surface area contributed by atoms with Crippen molar-refractivity contribution >= 4 is 40.2 Å². The van der Waals surface area contributed by atoms with E-state index in [1.54, 1.807) is 20.8 Å². The Labute approximate surface area is 234 Å². The van der Waals surface area contributed by atoms with Gasteiger partial charge in [0.15, 0.2) is 5.13 Å². The highest BCUT2D eigenvalue weighted by molar-refractivity contribution is 7.15. The summed E-state index contributed by atoms with van der Waals surface area (Å²) in [7, 11) is 3.98. The van der Waals surface area contributed by atoms with E-state index in [0.717, 1.165) is 29.1 Å². The first-order valence-electron chi connectivity index (χ1n) is 12.7. The maximum atomic E-state index is 12.7. The molecule has 3 amide bonds. The van der Waals surface area contributed by atoms with E-state index in [9.17, 15) is 14.4 Å². The summed E-state index contributed by atoms with van der Waals surface area (Å²) in [6.07, 6.45) is -0.443. The Morgan fingerprint density at radius 3 is 2.10 bits per heavy atom. The highest BCUT2D eigenvalue weighted by Crippen LogP contribution is 2.37. The van der Waals surface area contributed by atoms with Crippen molar-refractivity contribution in [3.8, 4) is 0 Å². The number of hydrogen-bond acceptors (Lipinski definition) is 9. The summed E-state index contributed by atoms with van der Waals surface area (Å²) in [6, 6.07) is 7.50. The average Bonchev–Trinajstić information content (AvgIpc) is 3.09. The lowest BCUT2D eigenvalue weighted by Crippen LogP contribution is -2.59. The van der Waals surface area contributed by atoms with Crippen molar-refractivity contribution in [1.29, 1.82) is 0 Å². The molecular weight excluding hydrogens is 520 g/mol. The minimum atomic E-state index is -1.88. The summed E-state index contributed by atoms with van der Waals surface area (Å²) in [4.78, 5) is 43.8. The van der Waals surface area contributed by atoms with Crippen LogP contribution in [-0.2, 0) is 33.7 Å². The zero-order chi connectivity index (χ0) is 29.6. The van der Waals surface area contributed by atoms with Crippen LogP contribution < -0.4 is 21.7 Å². The Hall–Kier alpha value is -3.38. The molecule has 216 valence electrons. The van der Waals surface area contributed by atoms with Crippen LogP contribution in [0.1, 0.15) is 64.6 Å². The molecule has 0 bridgehead atoms. The number of amides is 3. The fraction of sp³-hybridized carbons (Fsp3) is 0.556. The van der Waals surface area contributed by atoms with E-state index in [-0.39, 0.29) is 5.91 Å². The number of carbonyl (C=O) groups excluding carboxylic acids is 3. The first-order chi connectivity index (χ1) is 17.9. The van der Waals surface area contributed by atoms with Gasteiger partial charge in [-0.25, -0.2) is 14.6 Å². The molecule has 5 N–H and O–H groups in total. The molecule has 1 heterocycles. The van der Waals surface area contributed by atoms with Gasteiger partial charge in [0.1, 0.15) is 0 Å². The molecule has 0 spiro atoms. The number of carbonyl (C=O) groups is 3. The summed E-state index contributed by atoms with van der Waals surface area (Å²) in [5.41, 5.74) is 6.47. The highest BCUT2D eigenvalue weighted by Gasteiger charge is 2.50. The first kappa shape index (κ1) is 31.8. The van der Waals surface area contributed by atoms with Crippen molar-refractivity contribution in [2.24, 2.45) is 11.1 Å². The fourth-order valence-electron chi connectivity index (χ4n) is 3.57. The maximum Gasteiger partial charge on any atom is 0.412 e. The van der Waals surface area contributed by atoms with Gasteiger partial charge in [0.05, 0.1) is 11.1 Å². The number of thiazole rings is 1. The molecule has 12 heteroatoms. The van der Waals surface area contributed by atoms with E-state index in [4.69, 9.17) is 15.2 Å². The molecule has 0 saturated carbocycles. The van der Waals surface area contributed by atoms with Crippen molar-refractivity contribution in [2.45, 2.75) is 79.3 Å². The van der Waals surface area contributed by atoms with Crippen LogP contribution >= 0.6 is 11.3 Å². The van der Waals surface area contributed by atoms with Gasteiger partial charge in [-0.05, 0) is 65.4 Å². The average molecular weight is 563 g/mol. The Bertz CT molecular complexity index is 1150. The molecule has 2 rings (SSSR count). The molecule has 0 radical (unpaired) electrons. The molecule has 0 aliphatic heterocycles. The molecule has 1 aromatic carbocycles. The van der Waals surface area contributed by atoms with Crippen molar-refractivity contribution in [3.63, 3.8) is 0 Å². The molecule has 39 heavy (non-hydrogen) atoms.